The van der Waals surface area contributed by atoms with Crippen molar-refractivity contribution in [3.8, 4) is 0 Å². The lowest BCUT2D eigenvalue weighted by Crippen LogP contribution is -2.29. The molecule has 5 heteroatoms. The molecular weight excluding hydrogens is 246 g/mol. The number of likely N-dealkylation sites (N-methyl/N-ethyl adjacent to an activating group) is 1. The number of thiazole rings is 1. The highest BCUT2D eigenvalue weighted by Gasteiger charge is 2.24. The van der Waals surface area contributed by atoms with Crippen LogP contribution in [0.3, 0.4) is 0 Å². The van der Waals surface area contributed by atoms with Crippen molar-refractivity contribution in [1.82, 2.24) is 9.88 Å². The van der Waals surface area contributed by atoms with Crippen LogP contribution in [0.1, 0.15) is 38.3 Å². The van der Waals surface area contributed by atoms with Crippen molar-refractivity contribution in [2.75, 3.05) is 18.4 Å². The number of nitrogens with zero attached hydrogens (tertiary/aromatic N) is 2. The molecule has 0 unspecified atom stereocenters. The van der Waals surface area contributed by atoms with E-state index < -0.39 is 0 Å². The summed E-state index contributed by atoms with van der Waals surface area (Å²) >= 11 is 1.61. The second kappa shape index (κ2) is 4.97. The number of hydrogen-bond acceptors (Lipinski definition) is 4. The van der Waals surface area contributed by atoms with Gasteiger partial charge in [-0.1, -0.05) is 27.7 Å². The van der Waals surface area contributed by atoms with Gasteiger partial charge in [-0.05, 0) is 6.54 Å². The van der Waals surface area contributed by atoms with Gasteiger partial charge in [0.25, 0.3) is 0 Å². The van der Waals surface area contributed by atoms with Gasteiger partial charge >= 0.3 is 0 Å². The van der Waals surface area contributed by atoms with Gasteiger partial charge in [0.05, 0.1) is 5.69 Å². The van der Waals surface area contributed by atoms with Crippen LogP contribution in [0.2, 0.25) is 0 Å². The summed E-state index contributed by atoms with van der Waals surface area (Å²) in [6.07, 6.45) is 0.991. The molecule has 4 nitrogen and oxygen atoms in total. The van der Waals surface area contributed by atoms with Gasteiger partial charge in [-0.15, -0.1) is 11.3 Å². The zero-order valence-electron chi connectivity index (χ0n) is 11.5. The van der Waals surface area contributed by atoms with Gasteiger partial charge < -0.3 is 5.32 Å². The normalized spacial score (nSPS) is 16.4. The average Bonchev–Trinajstić information content (AvgIpc) is 2.68. The van der Waals surface area contributed by atoms with E-state index in [9.17, 15) is 4.79 Å². The first-order valence-electron chi connectivity index (χ1n) is 6.42. The predicted octanol–water partition coefficient (Wildman–Crippen LogP) is 2.51. The Morgan fingerprint density at radius 1 is 1.50 bits per heavy atom. The zero-order valence-corrected chi connectivity index (χ0v) is 12.4. The zero-order chi connectivity index (χ0) is 13.3. The van der Waals surface area contributed by atoms with Gasteiger partial charge in [-0.2, -0.15) is 0 Å². The molecule has 0 saturated carbocycles. The summed E-state index contributed by atoms with van der Waals surface area (Å²) in [6, 6.07) is 0. The van der Waals surface area contributed by atoms with E-state index in [4.69, 9.17) is 0 Å². The fourth-order valence-corrected chi connectivity index (χ4v) is 2.90. The summed E-state index contributed by atoms with van der Waals surface area (Å²) in [5.74, 6) is 0.0287. The first-order chi connectivity index (χ1) is 8.40. The molecule has 2 heterocycles. The van der Waals surface area contributed by atoms with Gasteiger partial charge in [0.1, 0.15) is 0 Å². The predicted molar refractivity (Wildman–Crippen MR) is 74.9 cm³/mol. The van der Waals surface area contributed by atoms with Crippen molar-refractivity contribution in [2.45, 2.75) is 40.7 Å². The van der Waals surface area contributed by atoms with Crippen molar-refractivity contribution in [2.24, 2.45) is 5.41 Å². The van der Waals surface area contributed by atoms with E-state index in [1.165, 1.54) is 4.88 Å². The molecule has 1 aliphatic heterocycles. The molecule has 2 rings (SSSR count). The van der Waals surface area contributed by atoms with Crippen molar-refractivity contribution < 1.29 is 4.79 Å². The van der Waals surface area contributed by atoms with E-state index in [0.29, 0.717) is 0 Å². The Kier molecular flexibility index (Phi) is 3.73. The lowest BCUT2D eigenvalue weighted by atomic mass is 9.96. The Hall–Kier alpha value is -0.940. The average molecular weight is 267 g/mol. The first kappa shape index (κ1) is 13.5. The Balaban J connectivity index is 2.09. The second-order valence-electron chi connectivity index (χ2n) is 5.71. The quantitative estimate of drug-likeness (QED) is 0.895. The van der Waals surface area contributed by atoms with Crippen molar-refractivity contribution in [3.63, 3.8) is 0 Å². The van der Waals surface area contributed by atoms with E-state index in [1.54, 1.807) is 11.3 Å². The minimum absolute atomic E-state index is 0.0287. The Morgan fingerprint density at radius 3 is 2.83 bits per heavy atom. The molecule has 1 aromatic rings. The molecule has 18 heavy (non-hydrogen) atoms. The highest BCUT2D eigenvalue weighted by atomic mass is 32.1. The summed E-state index contributed by atoms with van der Waals surface area (Å²) in [5.41, 5.74) is 0.788. The molecule has 0 radical (unpaired) electrons. The number of rotatable bonds is 2. The van der Waals surface area contributed by atoms with E-state index >= 15 is 0 Å². The van der Waals surface area contributed by atoms with Crippen LogP contribution in [0, 0.1) is 5.41 Å². The number of fused-ring (bicyclic) bond motifs is 1. The molecular formula is C13H21N3OS. The van der Waals surface area contributed by atoms with Crippen LogP contribution >= 0.6 is 11.3 Å². The molecule has 0 saturated heterocycles. The number of amides is 1. The summed E-state index contributed by atoms with van der Waals surface area (Å²) < 4.78 is 0. The third-order valence-electron chi connectivity index (χ3n) is 3.16. The summed E-state index contributed by atoms with van der Waals surface area (Å²) in [6.45, 7) is 11.0. The second-order valence-corrected chi connectivity index (χ2v) is 6.80. The number of carbonyl (C=O) groups excluding carboxylic acids is 1. The Morgan fingerprint density at radius 2 is 2.22 bits per heavy atom. The third-order valence-corrected chi connectivity index (χ3v) is 4.16. The molecule has 0 aliphatic carbocycles. The number of nitrogens with one attached hydrogen (secondary N) is 1. The Labute approximate surface area is 112 Å². The fourth-order valence-electron chi connectivity index (χ4n) is 1.86. The van der Waals surface area contributed by atoms with Crippen molar-refractivity contribution in [1.29, 1.82) is 0 Å². The number of carbonyl (C=O) groups is 1. The standard InChI is InChI=1S/C13H21N3OS/c1-5-16-7-6-9-10(8-16)18-12(14-9)15-11(17)13(2,3)4/h5-8H2,1-4H3,(H,14,15,17). The smallest absolute Gasteiger partial charge is 0.231 e. The Bertz CT molecular complexity index is 448. The lowest BCUT2D eigenvalue weighted by molar-refractivity contribution is -0.123. The fraction of sp³-hybridized carbons (Fsp3) is 0.692. The molecule has 0 aromatic carbocycles. The van der Waals surface area contributed by atoms with Crippen molar-refractivity contribution in [3.05, 3.63) is 10.6 Å². The molecule has 0 bridgehead atoms. The largest absolute Gasteiger partial charge is 0.302 e. The van der Waals surface area contributed by atoms with E-state index in [-0.39, 0.29) is 11.3 Å². The minimum Gasteiger partial charge on any atom is -0.302 e. The number of hydrogen-bond donors (Lipinski definition) is 1. The number of anilines is 1. The van der Waals surface area contributed by atoms with Gasteiger partial charge in [0, 0.05) is 29.8 Å². The van der Waals surface area contributed by atoms with Crippen LogP contribution in [-0.4, -0.2) is 28.9 Å². The minimum atomic E-state index is -0.373. The molecule has 1 amide bonds. The lowest BCUT2D eigenvalue weighted by Gasteiger charge is -2.23. The highest BCUT2D eigenvalue weighted by Crippen LogP contribution is 2.29. The molecule has 1 N–H and O–H groups in total. The van der Waals surface area contributed by atoms with Crippen LogP contribution in [-0.2, 0) is 17.8 Å². The van der Waals surface area contributed by atoms with Gasteiger partial charge in [0.2, 0.25) is 5.91 Å². The molecule has 1 aliphatic rings. The van der Waals surface area contributed by atoms with Crippen LogP contribution < -0.4 is 5.32 Å². The molecule has 100 valence electrons. The molecule has 0 fully saturated rings. The molecule has 1 aromatic heterocycles. The van der Waals surface area contributed by atoms with Gasteiger partial charge in [0.15, 0.2) is 5.13 Å². The third kappa shape index (κ3) is 2.90. The summed E-state index contributed by atoms with van der Waals surface area (Å²) in [5, 5.41) is 3.67. The monoisotopic (exact) mass is 267 g/mol. The maximum atomic E-state index is 11.9. The van der Waals surface area contributed by atoms with Crippen molar-refractivity contribution >= 4 is 22.4 Å². The number of aromatic nitrogens is 1. The van der Waals surface area contributed by atoms with Crippen LogP contribution in [0.4, 0.5) is 5.13 Å². The van der Waals surface area contributed by atoms with E-state index in [1.807, 2.05) is 20.8 Å². The molecule has 0 atom stereocenters. The molecule has 0 spiro atoms. The van der Waals surface area contributed by atoms with E-state index in [2.05, 4.69) is 22.1 Å². The topological polar surface area (TPSA) is 45.2 Å². The van der Waals surface area contributed by atoms with Crippen LogP contribution in [0.5, 0.6) is 0 Å². The van der Waals surface area contributed by atoms with E-state index in [0.717, 1.165) is 36.9 Å². The van der Waals surface area contributed by atoms with Gasteiger partial charge in [-0.25, -0.2) is 4.98 Å². The van der Waals surface area contributed by atoms with Gasteiger partial charge in [-0.3, -0.25) is 9.69 Å². The summed E-state index contributed by atoms with van der Waals surface area (Å²) in [4.78, 5) is 20.1. The maximum Gasteiger partial charge on any atom is 0.231 e. The summed E-state index contributed by atoms with van der Waals surface area (Å²) in [7, 11) is 0. The first-order valence-corrected chi connectivity index (χ1v) is 7.24. The maximum absolute atomic E-state index is 11.9. The van der Waals surface area contributed by atoms with Crippen LogP contribution in [0.15, 0.2) is 0 Å². The highest BCUT2D eigenvalue weighted by molar-refractivity contribution is 7.15. The van der Waals surface area contributed by atoms with Crippen LogP contribution in [0.25, 0.3) is 0 Å². The SMILES string of the molecule is CCN1CCc2nc(NC(=O)C(C)(C)C)sc2C1.